The molecule has 0 radical (unpaired) electrons. The van der Waals surface area contributed by atoms with Crippen molar-refractivity contribution in [3.05, 3.63) is 0 Å². The van der Waals surface area contributed by atoms with E-state index in [9.17, 15) is 0 Å². The fourth-order valence-electron chi connectivity index (χ4n) is 5.47. The van der Waals surface area contributed by atoms with E-state index in [0.717, 1.165) is 23.7 Å². The van der Waals surface area contributed by atoms with Crippen molar-refractivity contribution in [2.75, 3.05) is 27.2 Å². The standard InChI is InChI=1S/C18H34N2/c1-14-5-4-8-18(11-14,20(2)3)13-19-12-17-10-15-6-7-16(17)9-15/h14-17,19H,4-13H2,1-3H3. The fraction of sp³-hybridized carbons (Fsp3) is 1.00. The van der Waals surface area contributed by atoms with Gasteiger partial charge in [-0.3, -0.25) is 0 Å². The second-order valence-electron chi connectivity index (χ2n) is 8.39. The van der Waals surface area contributed by atoms with Gasteiger partial charge in [-0.05, 0) is 76.4 Å². The SMILES string of the molecule is CC1CCCC(CNCC2CC3CCC2C3)(N(C)C)C1. The Labute approximate surface area is 125 Å². The summed E-state index contributed by atoms with van der Waals surface area (Å²) in [7, 11) is 4.58. The normalized spacial score (nSPS) is 44.4. The third-order valence-corrected chi connectivity index (χ3v) is 6.76. The molecule has 3 rings (SSSR count). The van der Waals surface area contributed by atoms with E-state index in [4.69, 9.17) is 0 Å². The van der Waals surface area contributed by atoms with Gasteiger partial charge in [0.2, 0.25) is 0 Å². The summed E-state index contributed by atoms with van der Waals surface area (Å²) in [4.78, 5) is 2.51. The Morgan fingerprint density at radius 1 is 1.15 bits per heavy atom. The van der Waals surface area contributed by atoms with Crippen molar-refractivity contribution in [2.45, 2.75) is 63.8 Å². The first-order chi connectivity index (χ1) is 9.59. The van der Waals surface area contributed by atoms with Crippen LogP contribution in [0, 0.1) is 23.7 Å². The number of fused-ring (bicyclic) bond motifs is 2. The number of hydrogen-bond donors (Lipinski definition) is 1. The molecule has 0 aliphatic heterocycles. The summed E-state index contributed by atoms with van der Waals surface area (Å²) < 4.78 is 0. The van der Waals surface area contributed by atoms with Crippen LogP contribution >= 0.6 is 0 Å². The summed E-state index contributed by atoms with van der Waals surface area (Å²) in [5.74, 6) is 4.04. The Bertz CT molecular complexity index is 327. The molecule has 3 saturated carbocycles. The summed E-state index contributed by atoms with van der Waals surface area (Å²) in [6.45, 7) is 4.93. The molecule has 3 aliphatic rings. The van der Waals surface area contributed by atoms with E-state index in [0.29, 0.717) is 5.54 Å². The van der Waals surface area contributed by atoms with Crippen molar-refractivity contribution < 1.29 is 0 Å². The van der Waals surface area contributed by atoms with Crippen LogP contribution in [0.1, 0.15) is 58.3 Å². The zero-order valence-corrected chi connectivity index (χ0v) is 13.8. The van der Waals surface area contributed by atoms with E-state index in [1.165, 1.54) is 58.0 Å². The first-order valence-electron chi connectivity index (χ1n) is 8.97. The molecule has 3 aliphatic carbocycles. The molecular formula is C18H34N2. The minimum Gasteiger partial charge on any atom is -0.315 e. The van der Waals surface area contributed by atoms with Gasteiger partial charge in [-0.2, -0.15) is 0 Å². The summed E-state index contributed by atoms with van der Waals surface area (Å²) in [5.41, 5.74) is 0.426. The summed E-state index contributed by atoms with van der Waals surface area (Å²) in [6, 6.07) is 0. The van der Waals surface area contributed by atoms with E-state index in [1.807, 2.05) is 0 Å². The number of nitrogens with zero attached hydrogens (tertiary/aromatic N) is 1. The largest absolute Gasteiger partial charge is 0.315 e. The van der Waals surface area contributed by atoms with Gasteiger partial charge in [0.05, 0.1) is 0 Å². The van der Waals surface area contributed by atoms with Crippen molar-refractivity contribution in [3.8, 4) is 0 Å². The van der Waals surface area contributed by atoms with Gasteiger partial charge in [0, 0.05) is 12.1 Å². The van der Waals surface area contributed by atoms with E-state index in [-0.39, 0.29) is 0 Å². The Kier molecular flexibility index (Phi) is 4.42. The zero-order valence-electron chi connectivity index (χ0n) is 13.8. The highest BCUT2D eigenvalue weighted by atomic mass is 15.2. The lowest BCUT2D eigenvalue weighted by molar-refractivity contribution is 0.0734. The zero-order chi connectivity index (χ0) is 14.2. The van der Waals surface area contributed by atoms with Gasteiger partial charge in [0.25, 0.3) is 0 Å². The Morgan fingerprint density at radius 2 is 2.00 bits per heavy atom. The monoisotopic (exact) mass is 278 g/mol. The molecule has 5 atom stereocenters. The minimum absolute atomic E-state index is 0.426. The van der Waals surface area contributed by atoms with Crippen LogP contribution in [-0.4, -0.2) is 37.6 Å². The van der Waals surface area contributed by atoms with Crippen LogP contribution in [0.5, 0.6) is 0 Å². The van der Waals surface area contributed by atoms with Crippen molar-refractivity contribution in [2.24, 2.45) is 23.7 Å². The van der Waals surface area contributed by atoms with Crippen molar-refractivity contribution >= 4 is 0 Å². The second kappa shape index (κ2) is 5.96. The van der Waals surface area contributed by atoms with E-state index >= 15 is 0 Å². The van der Waals surface area contributed by atoms with Gasteiger partial charge in [0.15, 0.2) is 0 Å². The highest BCUT2D eigenvalue weighted by molar-refractivity contribution is 4.96. The molecule has 0 aromatic rings. The van der Waals surface area contributed by atoms with Crippen LogP contribution in [0.4, 0.5) is 0 Å². The maximum Gasteiger partial charge on any atom is 0.0330 e. The molecule has 2 nitrogen and oxygen atoms in total. The molecule has 2 heteroatoms. The molecule has 2 bridgehead atoms. The van der Waals surface area contributed by atoms with Gasteiger partial charge in [-0.1, -0.05) is 26.2 Å². The van der Waals surface area contributed by atoms with Crippen molar-refractivity contribution in [1.82, 2.24) is 10.2 Å². The topological polar surface area (TPSA) is 15.3 Å². The molecule has 1 N–H and O–H groups in total. The van der Waals surface area contributed by atoms with Crippen LogP contribution in [0.25, 0.3) is 0 Å². The quantitative estimate of drug-likeness (QED) is 0.828. The lowest BCUT2D eigenvalue weighted by atomic mass is 9.75. The molecule has 0 saturated heterocycles. The Morgan fingerprint density at radius 3 is 2.60 bits per heavy atom. The summed E-state index contributed by atoms with van der Waals surface area (Å²) >= 11 is 0. The number of hydrogen-bond acceptors (Lipinski definition) is 2. The molecule has 0 amide bonds. The molecule has 116 valence electrons. The van der Waals surface area contributed by atoms with Crippen LogP contribution in [0.2, 0.25) is 0 Å². The van der Waals surface area contributed by atoms with Crippen molar-refractivity contribution in [3.63, 3.8) is 0 Å². The highest BCUT2D eigenvalue weighted by Gasteiger charge is 2.40. The van der Waals surface area contributed by atoms with Crippen LogP contribution in [0.3, 0.4) is 0 Å². The van der Waals surface area contributed by atoms with Crippen LogP contribution in [0.15, 0.2) is 0 Å². The highest BCUT2D eigenvalue weighted by Crippen LogP contribution is 2.48. The number of rotatable bonds is 5. The first kappa shape index (κ1) is 14.8. The number of likely N-dealkylation sites (N-methyl/N-ethyl adjacent to an activating group) is 1. The van der Waals surface area contributed by atoms with Crippen LogP contribution in [-0.2, 0) is 0 Å². The minimum atomic E-state index is 0.426. The fourth-order valence-corrected chi connectivity index (χ4v) is 5.47. The molecule has 20 heavy (non-hydrogen) atoms. The summed E-state index contributed by atoms with van der Waals surface area (Å²) in [6.07, 6.45) is 11.7. The Balaban J connectivity index is 1.50. The lowest BCUT2D eigenvalue weighted by Crippen LogP contribution is -2.54. The first-order valence-corrected chi connectivity index (χ1v) is 8.97. The van der Waals surface area contributed by atoms with Gasteiger partial charge in [0.1, 0.15) is 0 Å². The van der Waals surface area contributed by atoms with Crippen molar-refractivity contribution in [1.29, 1.82) is 0 Å². The average molecular weight is 278 g/mol. The predicted octanol–water partition coefficient (Wildman–Crippen LogP) is 3.52. The van der Waals surface area contributed by atoms with Gasteiger partial charge in [-0.25, -0.2) is 0 Å². The third kappa shape index (κ3) is 2.92. The lowest BCUT2D eigenvalue weighted by Gasteiger charge is -2.45. The average Bonchev–Trinajstić information content (AvgIpc) is 3.01. The smallest absolute Gasteiger partial charge is 0.0330 e. The van der Waals surface area contributed by atoms with E-state index in [2.05, 4.69) is 31.2 Å². The summed E-state index contributed by atoms with van der Waals surface area (Å²) in [5, 5.41) is 3.88. The van der Waals surface area contributed by atoms with Gasteiger partial charge in [-0.15, -0.1) is 0 Å². The van der Waals surface area contributed by atoms with Crippen LogP contribution < -0.4 is 5.32 Å². The molecule has 0 aromatic carbocycles. The van der Waals surface area contributed by atoms with Gasteiger partial charge < -0.3 is 10.2 Å². The molecule has 0 spiro atoms. The Hall–Kier alpha value is -0.0800. The van der Waals surface area contributed by atoms with E-state index in [1.54, 1.807) is 6.42 Å². The second-order valence-corrected chi connectivity index (χ2v) is 8.39. The molecular weight excluding hydrogens is 244 g/mol. The predicted molar refractivity (Wildman–Crippen MR) is 85.9 cm³/mol. The maximum atomic E-state index is 3.88. The third-order valence-electron chi connectivity index (χ3n) is 6.76. The molecule has 3 fully saturated rings. The van der Waals surface area contributed by atoms with E-state index < -0.39 is 0 Å². The molecule has 0 heterocycles. The molecule has 0 aromatic heterocycles. The van der Waals surface area contributed by atoms with Gasteiger partial charge >= 0.3 is 0 Å². The molecule has 5 unspecified atom stereocenters. The number of nitrogens with one attached hydrogen (secondary N) is 1. The maximum absolute atomic E-state index is 3.88.